The molecule has 1 aromatic heterocycles. The van der Waals surface area contributed by atoms with Gasteiger partial charge in [0.15, 0.2) is 17.5 Å². The van der Waals surface area contributed by atoms with Gasteiger partial charge in [-0.25, -0.2) is 4.98 Å². The predicted molar refractivity (Wildman–Crippen MR) is 124 cm³/mol. The van der Waals surface area contributed by atoms with Crippen molar-refractivity contribution in [1.82, 2.24) is 10.3 Å². The highest BCUT2D eigenvalue weighted by atomic mass is 127. The van der Waals surface area contributed by atoms with E-state index < -0.39 is 0 Å². The Hall–Kier alpha value is -2.23. The molecule has 1 aliphatic heterocycles. The highest BCUT2D eigenvalue weighted by Gasteiger charge is 2.13. The molecule has 28 heavy (non-hydrogen) atoms. The first-order valence-electron chi connectivity index (χ1n) is 9.13. The molecule has 7 nitrogen and oxygen atoms in total. The molecule has 0 radical (unpaired) electrons. The maximum Gasteiger partial charge on any atom is 0.195 e. The minimum absolute atomic E-state index is 0. The van der Waals surface area contributed by atoms with Crippen molar-refractivity contribution in [3.05, 3.63) is 42.1 Å². The lowest BCUT2D eigenvalue weighted by molar-refractivity contribution is 0.355. The van der Waals surface area contributed by atoms with Crippen molar-refractivity contribution < 1.29 is 9.47 Å². The van der Waals surface area contributed by atoms with Gasteiger partial charge >= 0.3 is 0 Å². The van der Waals surface area contributed by atoms with E-state index in [0.717, 1.165) is 30.2 Å². The highest BCUT2D eigenvalue weighted by molar-refractivity contribution is 14.0. The number of nitrogens with one attached hydrogen (secondary N) is 2. The van der Waals surface area contributed by atoms with Gasteiger partial charge in [0.1, 0.15) is 5.82 Å². The highest BCUT2D eigenvalue weighted by Crippen LogP contribution is 2.29. The van der Waals surface area contributed by atoms with Gasteiger partial charge in [0, 0.05) is 44.6 Å². The number of ether oxygens (including phenoxy) is 2. The standard InChI is InChI=1S/C20H27N5O2.HI/c1-21-20(24-16-7-8-17(26-2)18(12-16)27-3)23-14-15-6-9-19(22-13-15)25-10-4-5-11-25;/h6-9,12-13H,4-5,10-11,14H2,1-3H3,(H2,21,23,24);1H. The zero-order valence-electron chi connectivity index (χ0n) is 16.6. The van der Waals surface area contributed by atoms with Crippen molar-refractivity contribution in [3.8, 4) is 11.5 Å². The molecule has 1 fully saturated rings. The maximum atomic E-state index is 5.34. The van der Waals surface area contributed by atoms with E-state index in [4.69, 9.17) is 9.47 Å². The van der Waals surface area contributed by atoms with E-state index in [1.54, 1.807) is 21.3 Å². The molecule has 152 valence electrons. The predicted octanol–water partition coefficient (Wildman–Crippen LogP) is 3.50. The maximum absolute atomic E-state index is 5.34. The van der Waals surface area contributed by atoms with Crippen LogP contribution in [0.5, 0.6) is 11.5 Å². The Balaban J connectivity index is 0.00000280. The molecule has 1 saturated heterocycles. The van der Waals surface area contributed by atoms with E-state index in [-0.39, 0.29) is 24.0 Å². The Morgan fingerprint density at radius 2 is 1.86 bits per heavy atom. The summed E-state index contributed by atoms with van der Waals surface area (Å²) in [5.41, 5.74) is 1.97. The van der Waals surface area contributed by atoms with Gasteiger partial charge in [-0.2, -0.15) is 0 Å². The molecule has 2 N–H and O–H groups in total. The van der Waals surface area contributed by atoms with Crippen molar-refractivity contribution in [3.63, 3.8) is 0 Å². The van der Waals surface area contributed by atoms with Crippen molar-refractivity contribution in [2.24, 2.45) is 4.99 Å². The number of hydrogen-bond donors (Lipinski definition) is 2. The summed E-state index contributed by atoms with van der Waals surface area (Å²) in [5.74, 6) is 3.09. The van der Waals surface area contributed by atoms with E-state index in [1.807, 2.05) is 24.4 Å². The third-order valence-corrected chi connectivity index (χ3v) is 4.57. The van der Waals surface area contributed by atoms with E-state index in [2.05, 4.69) is 37.6 Å². The summed E-state index contributed by atoms with van der Waals surface area (Å²) >= 11 is 0. The molecule has 0 bridgehead atoms. The topological polar surface area (TPSA) is 71.0 Å². The van der Waals surface area contributed by atoms with E-state index in [1.165, 1.54) is 12.8 Å². The SMILES string of the molecule is CN=C(NCc1ccc(N2CCCC2)nc1)Nc1ccc(OC)c(OC)c1.I. The van der Waals surface area contributed by atoms with Gasteiger partial charge in [-0.15, -0.1) is 24.0 Å². The molecule has 1 aromatic carbocycles. The monoisotopic (exact) mass is 497 g/mol. The van der Waals surface area contributed by atoms with Crippen LogP contribution in [0.2, 0.25) is 0 Å². The van der Waals surface area contributed by atoms with Crippen LogP contribution in [0.4, 0.5) is 11.5 Å². The number of pyridine rings is 1. The van der Waals surface area contributed by atoms with Crippen LogP contribution in [0.3, 0.4) is 0 Å². The molecule has 0 unspecified atom stereocenters. The number of aromatic nitrogens is 1. The van der Waals surface area contributed by atoms with Crippen LogP contribution >= 0.6 is 24.0 Å². The number of nitrogens with zero attached hydrogens (tertiary/aromatic N) is 3. The molecule has 1 aliphatic rings. The summed E-state index contributed by atoms with van der Waals surface area (Å²) in [6.07, 6.45) is 4.43. The van der Waals surface area contributed by atoms with Crippen molar-refractivity contribution in [2.45, 2.75) is 19.4 Å². The van der Waals surface area contributed by atoms with Crippen LogP contribution < -0.4 is 25.0 Å². The minimum Gasteiger partial charge on any atom is -0.493 e. The summed E-state index contributed by atoms with van der Waals surface area (Å²) in [6.45, 7) is 2.85. The van der Waals surface area contributed by atoms with Crippen LogP contribution in [0.1, 0.15) is 18.4 Å². The first-order chi connectivity index (χ1) is 13.2. The Morgan fingerprint density at radius 1 is 1.11 bits per heavy atom. The quantitative estimate of drug-likeness (QED) is 0.362. The lowest BCUT2D eigenvalue weighted by Crippen LogP contribution is -2.30. The normalized spacial score (nSPS) is 13.7. The lowest BCUT2D eigenvalue weighted by atomic mass is 10.2. The third kappa shape index (κ3) is 5.63. The summed E-state index contributed by atoms with van der Waals surface area (Å²) in [6, 6.07) is 9.85. The molecule has 3 rings (SSSR count). The number of anilines is 2. The molecule has 0 saturated carbocycles. The second-order valence-corrected chi connectivity index (χ2v) is 6.34. The van der Waals surface area contributed by atoms with Crippen molar-refractivity contribution in [2.75, 3.05) is 44.6 Å². The zero-order chi connectivity index (χ0) is 19.1. The van der Waals surface area contributed by atoms with E-state index in [9.17, 15) is 0 Å². The van der Waals surface area contributed by atoms with Gasteiger partial charge in [-0.3, -0.25) is 4.99 Å². The van der Waals surface area contributed by atoms with Crippen molar-refractivity contribution in [1.29, 1.82) is 0 Å². The summed E-state index contributed by atoms with van der Waals surface area (Å²) < 4.78 is 10.6. The van der Waals surface area contributed by atoms with E-state index >= 15 is 0 Å². The zero-order valence-corrected chi connectivity index (χ0v) is 18.9. The average molecular weight is 497 g/mol. The number of aliphatic imine (C=N–C) groups is 1. The molecule has 2 aromatic rings. The van der Waals surface area contributed by atoms with Crippen molar-refractivity contribution >= 4 is 41.4 Å². The number of methoxy groups -OCH3 is 2. The Kier molecular flexibility index (Phi) is 8.62. The van der Waals surface area contributed by atoms with Gasteiger partial charge in [0.2, 0.25) is 0 Å². The smallest absolute Gasteiger partial charge is 0.195 e. The van der Waals surface area contributed by atoms with Gasteiger partial charge in [0.25, 0.3) is 0 Å². The number of hydrogen-bond acceptors (Lipinski definition) is 5. The van der Waals surface area contributed by atoms with E-state index in [0.29, 0.717) is 24.0 Å². The second kappa shape index (κ2) is 10.9. The number of benzene rings is 1. The van der Waals surface area contributed by atoms with Crippen LogP contribution in [-0.4, -0.2) is 45.3 Å². The van der Waals surface area contributed by atoms with Gasteiger partial charge in [-0.1, -0.05) is 6.07 Å². The molecular weight excluding hydrogens is 469 g/mol. The Labute approximate surface area is 183 Å². The van der Waals surface area contributed by atoms with Crippen LogP contribution in [0.25, 0.3) is 0 Å². The van der Waals surface area contributed by atoms with Crippen LogP contribution in [0, 0.1) is 0 Å². The summed E-state index contributed by atoms with van der Waals surface area (Å²) in [4.78, 5) is 11.2. The molecule has 0 aliphatic carbocycles. The number of rotatable bonds is 6. The molecular formula is C20H28IN5O2. The molecule has 0 spiro atoms. The molecule has 0 amide bonds. The first kappa shape index (κ1) is 22.1. The first-order valence-corrected chi connectivity index (χ1v) is 9.13. The fourth-order valence-corrected chi connectivity index (χ4v) is 3.07. The summed E-state index contributed by atoms with van der Waals surface area (Å²) in [7, 11) is 4.98. The Bertz CT molecular complexity index is 777. The number of halogens is 1. The molecule has 2 heterocycles. The van der Waals surface area contributed by atoms with Gasteiger partial charge in [0.05, 0.1) is 14.2 Å². The van der Waals surface area contributed by atoms with Gasteiger partial charge in [-0.05, 0) is 36.6 Å². The summed E-state index contributed by atoms with van der Waals surface area (Å²) in [5, 5.41) is 6.56. The lowest BCUT2D eigenvalue weighted by Gasteiger charge is -2.17. The van der Waals surface area contributed by atoms with Gasteiger partial charge < -0.3 is 25.0 Å². The third-order valence-electron chi connectivity index (χ3n) is 4.57. The minimum atomic E-state index is 0. The van der Waals surface area contributed by atoms with Crippen LogP contribution in [0.15, 0.2) is 41.5 Å². The van der Waals surface area contributed by atoms with Crippen LogP contribution in [-0.2, 0) is 6.54 Å². The largest absolute Gasteiger partial charge is 0.493 e. The second-order valence-electron chi connectivity index (χ2n) is 6.34. The average Bonchev–Trinajstić information content (AvgIpc) is 3.26. The number of guanidine groups is 1. The fraction of sp³-hybridized carbons (Fsp3) is 0.400. The Morgan fingerprint density at radius 3 is 2.46 bits per heavy atom. The molecule has 8 heteroatoms. The fourth-order valence-electron chi connectivity index (χ4n) is 3.07. The molecule has 0 atom stereocenters.